The first-order valence-corrected chi connectivity index (χ1v) is 16.5. The molecule has 8 rings (SSSR count). The quantitative estimate of drug-likeness (QED) is 0.160. The molecule has 0 bridgehead atoms. The predicted molar refractivity (Wildman–Crippen MR) is 169 cm³/mol. The van der Waals surface area contributed by atoms with Gasteiger partial charge >= 0.3 is 12.1 Å². The SMILES string of the molecule is CC1(c2ccc(Cl)cc2F)Oc2cccc(C3CCN(Cc4nc5cc(-c6noc(C(F)(F)F)n6)cnc5n4C[C@H]4CCCO4)CC3)c2O1. The summed E-state index contributed by atoms with van der Waals surface area (Å²) in [5, 5.41) is 3.80. The Bertz CT molecular complexity index is 2020. The second kappa shape index (κ2) is 12.3. The molecule has 0 aliphatic carbocycles. The van der Waals surface area contributed by atoms with Gasteiger partial charge in [0.1, 0.15) is 17.2 Å². The van der Waals surface area contributed by atoms with Gasteiger partial charge in [-0.1, -0.05) is 28.9 Å². The fourth-order valence-corrected chi connectivity index (χ4v) is 7.14. The Morgan fingerprint density at radius 2 is 1.88 bits per heavy atom. The van der Waals surface area contributed by atoms with E-state index >= 15 is 0 Å². The van der Waals surface area contributed by atoms with Crippen molar-refractivity contribution >= 4 is 22.8 Å². The van der Waals surface area contributed by atoms with E-state index in [1.54, 1.807) is 25.1 Å². The number of hydrogen-bond donors (Lipinski definition) is 0. The molecule has 3 aliphatic rings. The number of alkyl halides is 3. The zero-order valence-electron chi connectivity index (χ0n) is 26.3. The van der Waals surface area contributed by atoms with Gasteiger partial charge in [-0.25, -0.2) is 14.4 Å². The van der Waals surface area contributed by atoms with Gasteiger partial charge in [0.05, 0.1) is 24.8 Å². The Kier molecular flexibility index (Phi) is 7.99. The van der Waals surface area contributed by atoms with Crippen molar-refractivity contribution in [1.29, 1.82) is 0 Å². The van der Waals surface area contributed by atoms with E-state index in [0.29, 0.717) is 47.4 Å². The van der Waals surface area contributed by atoms with E-state index in [1.807, 2.05) is 22.8 Å². The Hall–Kier alpha value is -4.27. The number of hydrogen-bond acceptors (Lipinski definition) is 9. The average Bonchev–Trinajstić information content (AvgIpc) is 3.88. The fourth-order valence-electron chi connectivity index (χ4n) is 6.98. The maximum Gasteiger partial charge on any atom is 0.471 e. The van der Waals surface area contributed by atoms with Crippen molar-refractivity contribution in [1.82, 2.24) is 29.6 Å². The highest BCUT2D eigenvalue weighted by atomic mass is 35.5. The summed E-state index contributed by atoms with van der Waals surface area (Å²) in [5.74, 6) is -1.27. The summed E-state index contributed by atoms with van der Waals surface area (Å²) < 4.78 is 79.0. The molecule has 10 nitrogen and oxygen atoms in total. The first-order chi connectivity index (χ1) is 23.5. The van der Waals surface area contributed by atoms with Gasteiger partial charge in [0.2, 0.25) is 5.82 Å². The molecule has 2 fully saturated rings. The van der Waals surface area contributed by atoms with Gasteiger partial charge in [-0.15, -0.1) is 0 Å². The van der Waals surface area contributed by atoms with E-state index in [9.17, 15) is 17.6 Å². The molecule has 0 radical (unpaired) electrons. The zero-order chi connectivity index (χ0) is 33.9. The van der Waals surface area contributed by atoms with Crippen LogP contribution in [0.5, 0.6) is 11.5 Å². The Balaban J connectivity index is 1.01. The highest BCUT2D eigenvalue weighted by Gasteiger charge is 2.43. The lowest BCUT2D eigenvalue weighted by molar-refractivity contribution is -0.159. The summed E-state index contributed by atoms with van der Waals surface area (Å²) in [5.41, 5.74) is 2.70. The monoisotopic (exact) mass is 698 g/mol. The first-order valence-electron chi connectivity index (χ1n) is 16.1. The van der Waals surface area contributed by atoms with Crippen LogP contribution in [-0.2, 0) is 29.8 Å². The third kappa shape index (κ3) is 6.10. The van der Waals surface area contributed by atoms with Crippen molar-refractivity contribution in [2.24, 2.45) is 0 Å². The van der Waals surface area contributed by atoms with Crippen molar-refractivity contribution in [2.45, 2.75) is 69.7 Å². The van der Waals surface area contributed by atoms with Crippen molar-refractivity contribution in [3.05, 3.63) is 82.3 Å². The van der Waals surface area contributed by atoms with Gasteiger partial charge in [-0.05, 0) is 75.0 Å². The van der Waals surface area contributed by atoms with Crippen molar-refractivity contribution in [3.63, 3.8) is 0 Å². The van der Waals surface area contributed by atoms with E-state index in [-0.39, 0.29) is 29.0 Å². The number of benzene rings is 2. The van der Waals surface area contributed by atoms with Gasteiger partial charge in [0.15, 0.2) is 17.1 Å². The number of para-hydroxylation sites is 1. The molecule has 0 N–H and O–H groups in total. The molecule has 0 spiro atoms. The molecule has 3 aliphatic heterocycles. The smallest absolute Gasteiger partial charge is 0.444 e. The largest absolute Gasteiger partial charge is 0.471 e. The minimum Gasteiger partial charge on any atom is -0.444 e. The lowest BCUT2D eigenvalue weighted by Gasteiger charge is -2.32. The second-order valence-corrected chi connectivity index (χ2v) is 13.2. The standard InChI is InChI=1S/C34H31ClF4N6O4/c1-33(24-8-7-21(35)15-25(24)36)47-27-6-2-5-23(29(27)48-33)19-9-11-44(12-10-19)18-28-41-26-14-20(30-42-32(49-43-30)34(37,38)39)16-40-31(26)45(28)17-22-4-3-13-46-22/h2,5-8,14-16,19,22H,3-4,9-13,17-18H2,1H3/t22-,33?/m1/s1. The number of aromatic nitrogens is 5. The highest BCUT2D eigenvalue weighted by Crippen LogP contribution is 2.50. The first kappa shape index (κ1) is 32.0. The molecular weight excluding hydrogens is 668 g/mol. The molecule has 2 aromatic carbocycles. The molecule has 3 aromatic heterocycles. The summed E-state index contributed by atoms with van der Waals surface area (Å²) in [6, 6.07) is 11.9. The maximum atomic E-state index is 14.9. The number of halogens is 5. The molecule has 6 heterocycles. The number of likely N-dealkylation sites (tertiary alicyclic amines) is 1. The number of rotatable bonds is 7. The summed E-state index contributed by atoms with van der Waals surface area (Å²) >= 11 is 5.98. The van der Waals surface area contributed by atoms with Gasteiger partial charge in [0, 0.05) is 35.9 Å². The molecule has 5 aromatic rings. The summed E-state index contributed by atoms with van der Waals surface area (Å²) in [6.45, 7) is 5.07. The van der Waals surface area contributed by atoms with Crippen LogP contribution < -0.4 is 9.47 Å². The van der Waals surface area contributed by atoms with E-state index < -0.39 is 23.7 Å². The molecule has 256 valence electrons. The summed E-state index contributed by atoms with van der Waals surface area (Å²) in [6.07, 6.45) is 0.298. The van der Waals surface area contributed by atoms with Crippen LogP contribution in [0.1, 0.15) is 61.4 Å². The molecule has 0 amide bonds. The van der Waals surface area contributed by atoms with E-state index in [4.69, 9.17) is 30.8 Å². The number of ether oxygens (including phenoxy) is 3. The van der Waals surface area contributed by atoms with Gasteiger partial charge in [0.25, 0.3) is 5.79 Å². The number of piperidine rings is 1. The van der Waals surface area contributed by atoms with Crippen molar-refractivity contribution in [3.8, 4) is 22.9 Å². The third-order valence-electron chi connectivity index (χ3n) is 9.42. The van der Waals surface area contributed by atoms with Gasteiger partial charge < -0.3 is 23.3 Å². The molecular formula is C34H31ClF4N6O4. The lowest BCUT2D eigenvalue weighted by Crippen LogP contribution is -2.34. The number of nitrogens with zero attached hydrogens (tertiary/aromatic N) is 6. The van der Waals surface area contributed by atoms with Crippen LogP contribution in [0.3, 0.4) is 0 Å². The molecule has 49 heavy (non-hydrogen) atoms. The van der Waals surface area contributed by atoms with Crippen LogP contribution in [0, 0.1) is 5.82 Å². The fraction of sp³-hybridized carbons (Fsp3) is 0.412. The summed E-state index contributed by atoms with van der Waals surface area (Å²) in [7, 11) is 0. The van der Waals surface area contributed by atoms with Crippen LogP contribution in [-0.4, -0.2) is 55.4 Å². The van der Waals surface area contributed by atoms with Crippen LogP contribution in [0.2, 0.25) is 5.02 Å². The van der Waals surface area contributed by atoms with E-state index in [0.717, 1.165) is 50.2 Å². The average molecular weight is 699 g/mol. The molecule has 0 saturated carbocycles. The van der Waals surface area contributed by atoms with Gasteiger partial charge in [-0.3, -0.25) is 4.90 Å². The van der Waals surface area contributed by atoms with E-state index in [2.05, 4.69) is 24.5 Å². The van der Waals surface area contributed by atoms with Crippen molar-refractivity contribution in [2.75, 3.05) is 19.7 Å². The van der Waals surface area contributed by atoms with Crippen LogP contribution in [0.4, 0.5) is 17.6 Å². The van der Waals surface area contributed by atoms with Crippen LogP contribution in [0.25, 0.3) is 22.6 Å². The minimum atomic E-state index is -4.75. The van der Waals surface area contributed by atoms with Crippen LogP contribution in [0.15, 0.2) is 53.2 Å². The normalized spacial score (nSPS) is 21.6. The lowest BCUT2D eigenvalue weighted by atomic mass is 9.88. The Morgan fingerprint density at radius 3 is 2.61 bits per heavy atom. The van der Waals surface area contributed by atoms with Gasteiger partial charge in [-0.2, -0.15) is 18.2 Å². The Morgan fingerprint density at radius 1 is 1.04 bits per heavy atom. The highest BCUT2D eigenvalue weighted by molar-refractivity contribution is 6.30. The molecule has 2 saturated heterocycles. The molecule has 2 atom stereocenters. The zero-order valence-corrected chi connectivity index (χ0v) is 27.1. The molecule has 1 unspecified atom stereocenters. The minimum absolute atomic E-state index is 0.0179. The topological polar surface area (TPSA) is 101 Å². The van der Waals surface area contributed by atoms with Crippen molar-refractivity contribution < 1.29 is 36.3 Å². The third-order valence-corrected chi connectivity index (χ3v) is 9.66. The molecule has 15 heteroatoms. The number of imidazole rings is 1. The maximum absolute atomic E-state index is 14.9. The van der Waals surface area contributed by atoms with Crippen LogP contribution >= 0.6 is 11.6 Å². The Labute approximate surface area is 282 Å². The summed E-state index contributed by atoms with van der Waals surface area (Å²) in [4.78, 5) is 15.3. The second-order valence-electron chi connectivity index (χ2n) is 12.8. The predicted octanol–water partition coefficient (Wildman–Crippen LogP) is 7.50. The number of pyridine rings is 1. The number of fused-ring (bicyclic) bond motifs is 2. The van der Waals surface area contributed by atoms with E-state index in [1.165, 1.54) is 12.3 Å².